The molecule has 13 heterocycles. The molecule has 13 aliphatic heterocycles. The average Bonchev–Trinajstić information content (AvgIpc) is 1.08. The molecular weight excluding hydrogens is 1940 g/mol. The van der Waals surface area contributed by atoms with Gasteiger partial charge in [-0.1, -0.05) is 12.0 Å². The average molecular weight is 2070 g/mol. The van der Waals surface area contributed by atoms with Gasteiger partial charge in [0.15, 0.2) is 0 Å². The molecule has 143 heavy (non-hydrogen) atoms. The number of nitrogens with zero attached hydrogens (tertiary/aromatic N) is 3. The molecule has 0 aromatic rings. The van der Waals surface area contributed by atoms with Crippen molar-refractivity contribution in [2.24, 2.45) is 16.8 Å². The maximum Gasteiger partial charge on any atom is 0.421 e. The summed E-state index contributed by atoms with van der Waals surface area (Å²) >= 11 is 0. The first kappa shape index (κ1) is 139. The minimum atomic E-state index is -5.12. The summed E-state index contributed by atoms with van der Waals surface area (Å²) in [5.41, 5.74) is 2.27. The van der Waals surface area contributed by atoms with E-state index in [1.54, 1.807) is 6.92 Å². The zero-order valence-electron chi connectivity index (χ0n) is 78.2. The van der Waals surface area contributed by atoms with E-state index in [4.69, 9.17) is 278 Å². The molecule has 26 radical (unpaired) electrons. The highest BCUT2D eigenvalue weighted by atomic mass is 19.4. The predicted molar refractivity (Wildman–Crippen MR) is 478 cm³/mol. The van der Waals surface area contributed by atoms with Gasteiger partial charge < -0.3 is 241 Å². The molecule has 13 rings (SSSR count). The van der Waals surface area contributed by atoms with Crippen LogP contribution in [-0.4, -0.2) is 677 Å². The second-order valence-electron chi connectivity index (χ2n) is 34.7. The van der Waals surface area contributed by atoms with E-state index in [0.29, 0.717) is 6.42 Å². The fourth-order valence-electron chi connectivity index (χ4n) is 14.1. The molecule has 0 saturated carbocycles. The van der Waals surface area contributed by atoms with Crippen LogP contribution in [0.1, 0.15) is 41.0 Å². The Morgan fingerprint density at radius 3 is 1.05 bits per heavy atom. The van der Waals surface area contributed by atoms with Gasteiger partial charge in [-0.2, -0.15) is 13.2 Å². The summed E-state index contributed by atoms with van der Waals surface area (Å²) in [7, 11) is 69.6. The van der Waals surface area contributed by atoms with Crippen molar-refractivity contribution in [2.45, 2.75) is 348 Å². The summed E-state index contributed by atoms with van der Waals surface area (Å²) in [6.07, 6.45) is -33.2. The van der Waals surface area contributed by atoms with E-state index < -0.39 is 334 Å². The molecule has 35 N–H and O–H groups in total. The Morgan fingerprint density at radius 1 is 0.399 bits per heavy atom. The molecule has 0 aromatic heterocycles. The minimum Gasteiger partial charge on any atom is -0.394 e. The highest BCUT2D eigenvalue weighted by Crippen LogP contribution is 2.43. The number of azide groups is 1. The molecule has 13 fully saturated rings. The first-order chi connectivity index (χ1) is 65.9. The van der Waals surface area contributed by atoms with Gasteiger partial charge in [0.05, 0.1) is 146 Å². The fourth-order valence-corrected chi connectivity index (χ4v) is 14.1. The van der Waals surface area contributed by atoms with E-state index in [1.807, 2.05) is 0 Å². The van der Waals surface area contributed by atoms with Crippen molar-refractivity contribution >= 4 is 102 Å². The number of ether oxygens (including phenoxy) is 14. The van der Waals surface area contributed by atoms with Crippen LogP contribution in [0.2, 0.25) is 0 Å². The van der Waals surface area contributed by atoms with Gasteiger partial charge >= 0.3 is 6.18 Å². The second-order valence-corrected chi connectivity index (χ2v) is 34.7. The van der Waals surface area contributed by atoms with Crippen LogP contribution in [0.15, 0.2) is 5.11 Å². The topological polar surface area (TPSA) is 872 Å². The van der Waals surface area contributed by atoms with Crippen LogP contribution in [0.25, 0.3) is 10.4 Å². The zero-order chi connectivity index (χ0) is 111. The first-order valence-electron chi connectivity index (χ1n) is 43.4. The van der Waals surface area contributed by atoms with E-state index in [0.717, 1.165) is 0 Å². The van der Waals surface area contributed by atoms with Crippen LogP contribution < -0.4 is 5.73 Å². The van der Waals surface area contributed by atoms with Crippen molar-refractivity contribution in [3.05, 3.63) is 10.4 Å². The molecule has 0 aliphatic carbocycles. The number of rotatable bonds is 16. The molecule has 51 atom stereocenters. The number of aliphatic hydroxyl groups is 33. The standard InChI is InChI=1S/C7H13BO4.C6H8BF3O4.C6H10BFO4.3C6H11BO4.C6H11BO3.C5H8BFO4.C5H8BFO3.C5H8BN3O3.C5H10BNO3.C5H9BO4.C5H9BO3/c1-6(3-9)4(10)7(2,11)5(8)12-6;7-4-5(13,6(8,9)10)3(12)2(1-11)14-4;7-5-6(11,2-8)4(10)3(1-9)12-5;1-6(10)3(2-8)11-5(7)4(6)9;1-6(10)4(9)3(2-8)11-5(6)7;1-10-5-4(9)3(2-8)11-6(5)7;1-3-5(9)4(2-8)10-6(3)7;6-4-2(9)3(10)5(7,1-8)11-4;6-5-3(7)4(9)2(1-8)10-5;6-5-3(8-9-7)4(11)2(1-10)12-5;6-5-3(7)4(9)2(1-8)10-5;6-5-4(9)3(8)2(1-7)10-5;6-5-4(8)1-3(2-7)9-5/h4-5,9-11H,3H2,1-2H3;2-4,11-13H,1H2;3-5,9-11H,1-2H2;2*3-5,8-10H,2H2,1H3;3-6,8-9H,2H2,1H3;3-6,8-9H,2H2,1H3;2-4,8-10H,1H2;2-5,8-9H,1H2;2-5,10-11H,1H2;2-5,8-9H,1,7H2;2-5,7-9H,1H2;3-5,7-8H,1-2H2/t4-,5-,6-,7-;2-,3-,4-,5-;3-,4-,5-,6-;3-,4+,5-,6+;2*3-,4-,5-,6-;3-,4-,5+,6-;2-,3+,4-,5-;3*2-,3-,4-,5-;2-,3+,4-,5-;3-,4+,5+/m1111111111110/s1. The quantitative estimate of drug-likeness (QED) is 0.0224. The van der Waals surface area contributed by atoms with Gasteiger partial charge in [0.1, 0.15) is 278 Å². The van der Waals surface area contributed by atoms with Crippen LogP contribution in [0, 0.1) is 5.92 Å². The lowest BCUT2D eigenvalue weighted by molar-refractivity contribution is -0.284. The van der Waals surface area contributed by atoms with E-state index in [9.17, 15) is 82.5 Å². The summed E-state index contributed by atoms with van der Waals surface area (Å²) in [5, 5.41) is 299. The van der Waals surface area contributed by atoms with Crippen molar-refractivity contribution in [3.63, 3.8) is 0 Å². The van der Waals surface area contributed by atoms with Gasteiger partial charge in [0, 0.05) is 84.4 Å². The molecule has 0 amide bonds. The maximum absolute atomic E-state index is 13.0. The van der Waals surface area contributed by atoms with Crippen LogP contribution in [0.3, 0.4) is 0 Å². The Balaban J connectivity index is 0.000000775. The van der Waals surface area contributed by atoms with Gasteiger partial charge in [0.2, 0.25) is 5.60 Å². The fraction of sp³-hybridized carbons (Fsp3) is 1.00. The summed E-state index contributed by atoms with van der Waals surface area (Å²) in [6.45, 7) is 0.974. The Labute approximate surface area is 834 Å². The number of aliphatic hydroxyl groups excluding tert-OH is 28. The first-order valence-corrected chi connectivity index (χ1v) is 43.4. The maximum atomic E-state index is 13.0. The molecule has 70 heteroatoms. The van der Waals surface area contributed by atoms with Gasteiger partial charge in [-0.05, 0) is 33.2 Å². The monoisotopic (exact) mass is 2070 g/mol. The second kappa shape index (κ2) is 61.8. The van der Waals surface area contributed by atoms with E-state index in [2.05, 4.69) is 24.2 Å². The highest BCUT2D eigenvalue weighted by Gasteiger charge is 2.68. The van der Waals surface area contributed by atoms with Gasteiger partial charge in [-0.15, -0.1) is 0 Å². The largest absolute Gasteiger partial charge is 0.421 e. The summed E-state index contributed by atoms with van der Waals surface area (Å²) < 4.78 is 142. The summed E-state index contributed by atoms with van der Waals surface area (Å²) in [6, 6.07) is -14.1. The number of alkyl halides is 6. The van der Waals surface area contributed by atoms with Crippen molar-refractivity contribution in [2.75, 3.05) is 99.7 Å². The highest BCUT2D eigenvalue weighted by molar-refractivity contribution is 6.15. The normalized spacial score (nSPS) is 47.8. The van der Waals surface area contributed by atoms with Crippen LogP contribution in [-0.2, 0) is 66.3 Å². The number of methoxy groups -OCH3 is 1. The molecule has 0 bridgehead atoms. The molecule has 0 aromatic carbocycles. The Morgan fingerprint density at radius 2 is 0.825 bits per heavy atom. The van der Waals surface area contributed by atoms with Crippen LogP contribution in [0.5, 0.6) is 0 Å². The van der Waals surface area contributed by atoms with Crippen LogP contribution >= 0.6 is 0 Å². The SMILES string of the molecule is [B][C@@H]1O[C@H](CO)C[C@H]1O.[B][C@@H]1O[C@H](CO)[C@@H](O)[C@@]1(C)O.[B][C@@H]1O[C@H](CO)[C@@H](O)[C@H]1C.[B][C@@H]1O[C@H](CO)[C@@H](O)[C@H]1F.[B][C@@H]1O[C@H](CO)[C@@H](O)[C@H]1N.[B][C@@H]1O[C@H](CO)[C@@H](O)[C@H]1N=[N+]=[N-].[B][C@@H]1O[C@H](CO)[C@@H](O)[C@H]1OC.[B][C@@H]1O[C@H](CO)[C@@H](O)[C@]1(O)C(F)(F)F.[B][C@@H]1O[C@H](CO)[C@@H](O)[C@]1(O)CF.[B][C@@H]1O[C@H](CO)[C@H](O)[C@H]1O.[B][C@@H]1O[C@H](CO)[C@](C)(O)[C@H]1O.[B][C@@H]1O[C@](C)(CO)[C@@H](O)[C@@]1(C)O.[B][C@@H]1O[C@](F)(CO)[C@@H](O)[C@H]1O. The summed E-state index contributed by atoms with van der Waals surface area (Å²) in [5.74, 6) is -2.71. The Hall–Kier alpha value is -2.19. The van der Waals surface area contributed by atoms with E-state index >= 15 is 0 Å². The third-order valence-electron chi connectivity index (χ3n) is 24.2. The molecule has 51 nitrogen and oxygen atoms in total. The van der Waals surface area contributed by atoms with Crippen molar-refractivity contribution in [1.82, 2.24) is 0 Å². The summed E-state index contributed by atoms with van der Waals surface area (Å²) in [4.78, 5) is 2.51. The third kappa shape index (κ3) is 35.7. The number of hydrogen-bond donors (Lipinski definition) is 34. The molecule has 13 saturated heterocycles. The molecule has 0 spiro atoms. The van der Waals surface area contributed by atoms with Crippen molar-refractivity contribution in [3.8, 4) is 0 Å². The number of halogens is 6. The molecule has 0 unspecified atom stereocenters. The van der Waals surface area contributed by atoms with Crippen molar-refractivity contribution < 1.29 is 261 Å². The Kier molecular flexibility index (Phi) is 60.0. The van der Waals surface area contributed by atoms with E-state index in [1.165, 1.54) is 34.8 Å². The molecular formula is C73H127B13F6N4O47. The lowest BCUT2D eigenvalue weighted by Gasteiger charge is -2.31. The van der Waals surface area contributed by atoms with Gasteiger partial charge in [-0.25, -0.2) is 13.2 Å². The lowest BCUT2D eigenvalue weighted by atomic mass is 9.80. The third-order valence-corrected chi connectivity index (χ3v) is 24.2. The Bertz CT molecular complexity index is 3450. The predicted octanol–water partition coefficient (Wildman–Crippen LogP) is -22.9. The van der Waals surface area contributed by atoms with Gasteiger partial charge in [0.25, 0.3) is 5.85 Å². The number of nitrogens with two attached hydrogens (primary N) is 1. The molecule has 13 aliphatic rings. The van der Waals surface area contributed by atoms with Crippen molar-refractivity contribution in [1.29, 1.82) is 0 Å². The van der Waals surface area contributed by atoms with Gasteiger partial charge in [-0.3, -0.25) is 0 Å². The van der Waals surface area contributed by atoms with E-state index in [-0.39, 0.29) is 71.5 Å². The molecule has 802 valence electrons. The zero-order valence-corrected chi connectivity index (χ0v) is 78.2. The minimum absolute atomic E-state index is 0.0647. The lowest BCUT2D eigenvalue weighted by Crippen LogP contribution is -2.59. The number of hydrogen-bond acceptors (Lipinski definition) is 49. The smallest absolute Gasteiger partial charge is 0.394 e. The van der Waals surface area contributed by atoms with Crippen LogP contribution in [0.4, 0.5) is 26.3 Å².